The fourth-order valence-corrected chi connectivity index (χ4v) is 3.90. The first-order valence-electron chi connectivity index (χ1n) is 8.28. The summed E-state index contributed by atoms with van der Waals surface area (Å²) in [6.45, 7) is 2.29. The lowest BCUT2D eigenvalue weighted by Gasteiger charge is -2.28. The predicted octanol–water partition coefficient (Wildman–Crippen LogP) is 3.35. The molecule has 120 valence electrons. The van der Waals surface area contributed by atoms with Crippen molar-refractivity contribution in [2.24, 2.45) is 0 Å². The highest BCUT2D eigenvalue weighted by molar-refractivity contribution is 7.17. The zero-order valence-electron chi connectivity index (χ0n) is 13.0. The average molecular weight is 319 g/mol. The average Bonchev–Trinajstić information content (AvgIpc) is 3.00. The Balaban J connectivity index is 1.31. The molecule has 0 saturated heterocycles. The van der Waals surface area contributed by atoms with Gasteiger partial charge in [0.15, 0.2) is 0 Å². The second-order valence-corrected chi connectivity index (χ2v) is 7.02. The maximum absolute atomic E-state index is 9.89. The molecule has 0 amide bonds. The lowest BCUT2D eigenvalue weighted by molar-refractivity contribution is 0.0807. The van der Waals surface area contributed by atoms with Gasteiger partial charge in [-0.3, -0.25) is 0 Å². The van der Waals surface area contributed by atoms with Crippen molar-refractivity contribution >= 4 is 21.4 Å². The largest absolute Gasteiger partial charge is 0.392 e. The number of hydrogen-bond donors (Lipinski definition) is 2. The Hall–Kier alpha value is -0.940. The quantitative estimate of drug-likeness (QED) is 0.769. The third kappa shape index (κ3) is 4.29. The van der Waals surface area contributed by atoms with Crippen LogP contribution in [0.2, 0.25) is 0 Å². The number of rotatable bonds is 7. The van der Waals surface area contributed by atoms with E-state index >= 15 is 0 Å². The van der Waals surface area contributed by atoms with Gasteiger partial charge in [0.25, 0.3) is 0 Å². The number of nitrogens with one attached hydrogen (secondary N) is 1. The highest BCUT2D eigenvalue weighted by atomic mass is 32.1. The van der Waals surface area contributed by atoms with E-state index in [0.29, 0.717) is 6.61 Å². The zero-order valence-corrected chi connectivity index (χ0v) is 13.8. The van der Waals surface area contributed by atoms with Crippen molar-refractivity contribution in [1.29, 1.82) is 0 Å². The highest BCUT2D eigenvalue weighted by Gasteiger charge is 2.21. The summed E-state index contributed by atoms with van der Waals surface area (Å²) in [5.41, 5.74) is 1.33. The number of fused-ring (bicyclic) bond motifs is 1. The number of thiophene rings is 1. The van der Waals surface area contributed by atoms with Gasteiger partial charge < -0.3 is 15.2 Å². The second-order valence-electron chi connectivity index (χ2n) is 6.07. The van der Waals surface area contributed by atoms with Crippen LogP contribution in [0.4, 0.5) is 0 Å². The van der Waals surface area contributed by atoms with Gasteiger partial charge in [-0.1, -0.05) is 25.0 Å². The maximum atomic E-state index is 9.89. The van der Waals surface area contributed by atoms with Gasteiger partial charge in [0.05, 0.1) is 19.3 Å². The molecule has 0 aliphatic heterocycles. The predicted molar refractivity (Wildman–Crippen MR) is 92.6 cm³/mol. The van der Waals surface area contributed by atoms with Crippen molar-refractivity contribution in [2.45, 2.75) is 44.2 Å². The van der Waals surface area contributed by atoms with E-state index in [1.54, 1.807) is 11.3 Å². The third-order valence-electron chi connectivity index (χ3n) is 4.43. The lowest BCUT2D eigenvalue weighted by atomic mass is 9.93. The number of aliphatic hydroxyl groups excluding tert-OH is 1. The van der Waals surface area contributed by atoms with Crippen LogP contribution in [0.5, 0.6) is 0 Å². The van der Waals surface area contributed by atoms with Gasteiger partial charge in [-0.05, 0) is 47.7 Å². The van der Waals surface area contributed by atoms with E-state index in [0.717, 1.165) is 38.8 Å². The standard InChI is InChI=1S/C18H25NO2S/c20-17-4-2-1-3-16(17)19-9-11-21-10-7-14-5-6-18-15(13-14)8-12-22-18/h5-6,8,12-13,16-17,19-20H,1-4,7,9-11H2. The second kappa shape index (κ2) is 8.06. The first-order chi connectivity index (χ1) is 10.8. The molecule has 0 bridgehead atoms. The summed E-state index contributed by atoms with van der Waals surface area (Å²) < 4.78 is 7.06. The highest BCUT2D eigenvalue weighted by Crippen LogP contribution is 2.22. The van der Waals surface area contributed by atoms with Crippen molar-refractivity contribution < 1.29 is 9.84 Å². The van der Waals surface area contributed by atoms with Gasteiger partial charge in [0.2, 0.25) is 0 Å². The molecule has 3 nitrogen and oxygen atoms in total. The maximum Gasteiger partial charge on any atom is 0.0693 e. The topological polar surface area (TPSA) is 41.5 Å². The number of benzene rings is 1. The first kappa shape index (κ1) is 15.9. The van der Waals surface area contributed by atoms with E-state index in [9.17, 15) is 5.11 Å². The van der Waals surface area contributed by atoms with Crippen molar-refractivity contribution in [1.82, 2.24) is 5.32 Å². The zero-order chi connectivity index (χ0) is 15.2. The Morgan fingerprint density at radius 2 is 2.09 bits per heavy atom. The molecule has 0 spiro atoms. The number of hydrogen-bond acceptors (Lipinski definition) is 4. The SMILES string of the molecule is OC1CCCCC1NCCOCCc1ccc2sccc2c1. The molecule has 1 fully saturated rings. The van der Waals surface area contributed by atoms with Crippen molar-refractivity contribution in [3.05, 3.63) is 35.2 Å². The van der Waals surface area contributed by atoms with Gasteiger partial charge in [0, 0.05) is 17.3 Å². The van der Waals surface area contributed by atoms with Crippen LogP contribution in [0.1, 0.15) is 31.2 Å². The van der Waals surface area contributed by atoms with E-state index in [1.807, 2.05) is 0 Å². The minimum Gasteiger partial charge on any atom is -0.392 e. The van der Waals surface area contributed by atoms with E-state index in [1.165, 1.54) is 22.1 Å². The molecule has 1 heterocycles. The fraction of sp³-hybridized carbons (Fsp3) is 0.556. The molecule has 1 aliphatic carbocycles. The number of aliphatic hydroxyl groups is 1. The summed E-state index contributed by atoms with van der Waals surface area (Å²) in [7, 11) is 0. The van der Waals surface area contributed by atoms with Crippen molar-refractivity contribution in [3.8, 4) is 0 Å². The molecule has 2 atom stereocenters. The molecule has 0 radical (unpaired) electrons. The molecule has 1 aromatic carbocycles. The van der Waals surface area contributed by atoms with E-state index in [4.69, 9.17) is 4.74 Å². The molecule has 1 aromatic heterocycles. The van der Waals surface area contributed by atoms with Crippen LogP contribution in [0.15, 0.2) is 29.6 Å². The summed E-state index contributed by atoms with van der Waals surface area (Å²) in [5, 5.41) is 16.8. The summed E-state index contributed by atoms with van der Waals surface area (Å²) in [5.74, 6) is 0. The van der Waals surface area contributed by atoms with Gasteiger partial charge in [-0.25, -0.2) is 0 Å². The van der Waals surface area contributed by atoms with Crippen LogP contribution in [0.3, 0.4) is 0 Å². The Labute approximate surface area is 136 Å². The Kier molecular flexibility index (Phi) is 5.84. The Bertz CT molecular complexity index is 583. The summed E-state index contributed by atoms with van der Waals surface area (Å²) in [6, 6.07) is 9.08. The van der Waals surface area contributed by atoms with Crippen LogP contribution < -0.4 is 5.32 Å². The molecule has 1 aliphatic rings. The molecular formula is C18H25NO2S. The molecule has 3 rings (SSSR count). The van der Waals surface area contributed by atoms with Crippen molar-refractivity contribution in [2.75, 3.05) is 19.8 Å². The molecule has 4 heteroatoms. The molecule has 2 N–H and O–H groups in total. The van der Waals surface area contributed by atoms with E-state index < -0.39 is 0 Å². The summed E-state index contributed by atoms with van der Waals surface area (Å²) in [4.78, 5) is 0. The summed E-state index contributed by atoms with van der Waals surface area (Å²) >= 11 is 1.78. The third-order valence-corrected chi connectivity index (χ3v) is 5.33. The van der Waals surface area contributed by atoms with Gasteiger partial charge >= 0.3 is 0 Å². The van der Waals surface area contributed by atoms with Gasteiger partial charge in [0.1, 0.15) is 0 Å². The Morgan fingerprint density at radius 3 is 3.00 bits per heavy atom. The monoisotopic (exact) mass is 319 g/mol. The molecule has 1 saturated carbocycles. The van der Waals surface area contributed by atoms with Crippen LogP contribution in [-0.4, -0.2) is 37.0 Å². The Morgan fingerprint density at radius 1 is 1.18 bits per heavy atom. The van der Waals surface area contributed by atoms with E-state index in [-0.39, 0.29) is 12.1 Å². The molecule has 22 heavy (non-hydrogen) atoms. The first-order valence-corrected chi connectivity index (χ1v) is 9.16. The minimum absolute atomic E-state index is 0.175. The summed E-state index contributed by atoms with van der Waals surface area (Å²) in [6.07, 6.45) is 5.18. The van der Waals surface area contributed by atoms with Crippen LogP contribution in [0.25, 0.3) is 10.1 Å². The smallest absolute Gasteiger partial charge is 0.0693 e. The normalized spacial score (nSPS) is 22.2. The van der Waals surface area contributed by atoms with Gasteiger partial charge in [-0.15, -0.1) is 11.3 Å². The van der Waals surface area contributed by atoms with E-state index in [2.05, 4.69) is 35.0 Å². The minimum atomic E-state index is -0.175. The van der Waals surface area contributed by atoms with Crippen LogP contribution >= 0.6 is 11.3 Å². The number of ether oxygens (including phenoxy) is 1. The van der Waals surface area contributed by atoms with Crippen LogP contribution in [-0.2, 0) is 11.2 Å². The molecule has 2 unspecified atom stereocenters. The lowest BCUT2D eigenvalue weighted by Crippen LogP contribution is -2.43. The van der Waals surface area contributed by atoms with Gasteiger partial charge in [-0.2, -0.15) is 0 Å². The fourth-order valence-electron chi connectivity index (χ4n) is 3.13. The van der Waals surface area contributed by atoms with Crippen molar-refractivity contribution in [3.63, 3.8) is 0 Å². The molecule has 2 aromatic rings. The molecular weight excluding hydrogens is 294 g/mol. The van der Waals surface area contributed by atoms with Crippen LogP contribution in [0, 0.1) is 0 Å².